The Bertz CT molecular complexity index is 786. The monoisotopic (exact) mass is 356 g/mol. The molecule has 2 aliphatic rings. The van der Waals surface area contributed by atoms with Crippen LogP contribution in [0.5, 0.6) is 0 Å². The van der Waals surface area contributed by atoms with Crippen molar-refractivity contribution in [1.29, 1.82) is 0 Å². The molecular formula is C19H28N6O. The van der Waals surface area contributed by atoms with Gasteiger partial charge < -0.3 is 5.32 Å². The zero-order valence-corrected chi connectivity index (χ0v) is 15.7. The second kappa shape index (κ2) is 7.23. The maximum absolute atomic E-state index is 12.2. The number of hydrogen-bond acceptors (Lipinski definition) is 4. The second-order valence-corrected chi connectivity index (χ2v) is 7.64. The molecule has 0 saturated heterocycles. The van der Waals surface area contributed by atoms with E-state index >= 15 is 0 Å². The lowest BCUT2D eigenvalue weighted by Crippen LogP contribution is -2.33. The van der Waals surface area contributed by atoms with E-state index in [4.69, 9.17) is 0 Å². The number of nitrogens with one attached hydrogen (secondary N) is 1. The van der Waals surface area contributed by atoms with Crippen molar-refractivity contribution in [2.24, 2.45) is 13.0 Å². The molecule has 0 unspecified atom stereocenters. The third kappa shape index (κ3) is 3.53. The number of rotatable bonds is 5. The van der Waals surface area contributed by atoms with Crippen LogP contribution in [-0.4, -0.2) is 36.9 Å². The number of carbonyl (C=O) groups excluding carboxylic acids is 1. The molecule has 4 rings (SSSR count). The topological polar surface area (TPSA) is 68.0 Å². The molecule has 0 spiro atoms. The summed E-state index contributed by atoms with van der Waals surface area (Å²) in [5.41, 5.74) is 4.69. The van der Waals surface area contributed by atoms with Crippen molar-refractivity contribution in [1.82, 2.24) is 29.8 Å². The van der Waals surface area contributed by atoms with Crippen LogP contribution < -0.4 is 5.32 Å². The quantitative estimate of drug-likeness (QED) is 0.886. The van der Waals surface area contributed by atoms with Gasteiger partial charge in [0.05, 0.1) is 30.7 Å². The summed E-state index contributed by atoms with van der Waals surface area (Å²) in [5, 5.41) is 12.1. The minimum absolute atomic E-state index is 0.196. The summed E-state index contributed by atoms with van der Waals surface area (Å²) < 4.78 is 4.01. The van der Waals surface area contributed by atoms with E-state index in [1.54, 1.807) is 0 Å². The first kappa shape index (κ1) is 17.3. The summed E-state index contributed by atoms with van der Waals surface area (Å²) in [6.07, 6.45) is 6.40. The highest BCUT2D eigenvalue weighted by molar-refractivity contribution is 5.78. The van der Waals surface area contributed by atoms with Crippen molar-refractivity contribution in [3.05, 3.63) is 34.9 Å². The minimum atomic E-state index is 0.196. The van der Waals surface area contributed by atoms with Gasteiger partial charge in [-0.2, -0.15) is 10.2 Å². The lowest BCUT2D eigenvalue weighted by atomic mass is 10.1. The summed E-state index contributed by atoms with van der Waals surface area (Å²) in [7, 11) is 1.98. The SMILES string of the molecule is Cc1c(CN2CCn3nc(CNC(=O)C4CCCC4)cc3C2)cnn1C. The van der Waals surface area contributed by atoms with Crippen molar-refractivity contribution in [2.45, 2.75) is 58.8 Å². The van der Waals surface area contributed by atoms with Crippen LogP contribution in [-0.2, 0) is 38.0 Å². The standard InChI is InChI=1S/C19H28N6O/c1-14-16(10-21-23(14)2)12-24-7-8-25-18(13-24)9-17(22-25)11-20-19(26)15-5-3-4-6-15/h9-10,15H,3-8,11-13H2,1-2H3,(H,20,26). The highest BCUT2D eigenvalue weighted by Gasteiger charge is 2.23. The van der Waals surface area contributed by atoms with Gasteiger partial charge in [0.2, 0.25) is 5.91 Å². The molecule has 1 aliphatic heterocycles. The zero-order chi connectivity index (χ0) is 18.1. The van der Waals surface area contributed by atoms with Gasteiger partial charge in [0, 0.05) is 43.9 Å². The van der Waals surface area contributed by atoms with Crippen LogP contribution in [0, 0.1) is 12.8 Å². The normalized spacial score (nSPS) is 18.2. The van der Waals surface area contributed by atoms with Crippen LogP contribution in [0.15, 0.2) is 12.3 Å². The van der Waals surface area contributed by atoms with Crippen molar-refractivity contribution in [3.63, 3.8) is 0 Å². The van der Waals surface area contributed by atoms with E-state index in [1.165, 1.54) is 29.8 Å². The Hall–Kier alpha value is -2.15. The predicted octanol–water partition coefficient (Wildman–Crippen LogP) is 1.75. The van der Waals surface area contributed by atoms with Crippen molar-refractivity contribution in [3.8, 4) is 0 Å². The Morgan fingerprint density at radius 1 is 1.31 bits per heavy atom. The molecule has 3 heterocycles. The fraction of sp³-hybridized carbons (Fsp3) is 0.632. The number of amides is 1. The van der Waals surface area contributed by atoms with E-state index in [2.05, 4.69) is 38.1 Å². The molecule has 0 bridgehead atoms. The van der Waals surface area contributed by atoms with Gasteiger partial charge in [-0.1, -0.05) is 12.8 Å². The number of aryl methyl sites for hydroxylation is 1. The Balaban J connectivity index is 1.34. The molecular weight excluding hydrogens is 328 g/mol. The molecule has 7 nitrogen and oxygen atoms in total. The number of nitrogens with zero attached hydrogens (tertiary/aromatic N) is 5. The maximum Gasteiger partial charge on any atom is 0.223 e. The molecule has 1 fully saturated rings. The Morgan fingerprint density at radius 3 is 2.85 bits per heavy atom. The van der Waals surface area contributed by atoms with Gasteiger partial charge in [-0.25, -0.2) is 0 Å². The third-order valence-electron chi connectivity index (χ3n) is 5.83. The molecule has 2 aromatic heterocycles. The highest BCUT2D eigenvalue weighted by atomic mass is 16.1. The molecule has 0 aromatic carbocycles. The molecule has 0 radical (unpaired) electrons. The summed E-state index contributed by atoms with van der Waals surface area (Å²) in [5.74, 6) is 0.410. The van der Waals surface area contributed by atoms with E-state index in [0.29, 0.717) is 6.54 Å². The number of carbonyl (C=O) groups is 1. The molecule has 140 valence electrons. The van der Waals surface area contributed by atoms with Crippen LogP contribution in [0.3, 0.4) is 0 Å². The average molecular weight is 356 g/mol. The van der Waals surface area contributed by atoms with Gasteiger partial charge in [-0.15, -0.1) is 0 Å². The first-order chi connectivity index (χ1) is 12.6. The molecule has 2 aromatic rings. The lowest BCUT2D eigenvalue weighted by molar-refractivity contribution is -0.124. The zero-order valence-electron chi connectivity index (χ0n) is 15.7. The molecule has 7 heteroatoms. The predicted molar refractivity (Wildman–Crippen MR) is 98.1 cm³/mol. The van der Waals surface area contributed by atoms with E-state index in [9.17, 15) is 4.79 Å². The van der Waals surface area contributed by atoms with Crippen molar-refractivity contribution in [2.75, 3.05) is 6.54 Å². The number of fused-ring (bicyclic) bond motifs is 1. The minimum Gasteiger partial charge on any atom is -0.350 e. The van der Waals surface area contributed by atoms with E-state index < -0.39 is 0 Å². The fourth-order valence-corrected chi connectivity index (χ4v) is 4.05. The van der Waals surface area contributed by atoms with Gasteiger partial charge in [-0.3, -0.25) is 19.1 Å². The summed E-state index contributed by atoms with van der Waals surface area (Å²) in [6, 6.07) is 2.14. The van der Waals surface area contributed by atoms with E-state index in [-0.39, 0.29) is 11.8 Å². The fourth-order valence-electron chi connectivity index (χ4n) is 4.05. The number of hydrogen-bond donors (Lipinski definition) is 1. The summed E-state index contributed by atoms with van der Waals surface area (Å²) >= 11 is 0. The number of aromatic nitrogens is 4. The molecule has 1 N–H and O–H groups in total. The summed E-state index contributed by atoms with van der Waals surface area (Å²) in [6.45, 7) is 6.33. The highest BCUT2D eigenvalue weighted by Crippen LogP contribution is 2.24. The Morgan fingerprint density at radius 2 is 2.12 bits per heavy atom. The van der Waals surface area contributed by atoms with Gasteiger partial charge in [0.1, 0.15) is 0 Å². The molecule has 1 amide bonds. The lowest BCUT2D eigenvalue weighted by Gasteiger charge is -2.27. The van der Waals surface area contributed by atoms with Crippen LogP contribution in [0.1, 0.15) is 48.3 Å². The first-order valence-corrected chi connectivity index (χ1v) is 9.63. The van der Waals surface area contributed by atoms with E-state index in [0.717, 1.165) is 44.7 Å². The van der Waals surface area contributed by atoms with Gasteiger partial charge in [-0.05, 0) is 25.8 Å². The Labute approximate surface area is 154 Å². The smallest absolute Gasteiger partial charge is 0.223 e. The molecule has 1 aliphatic carbocycles. The molecule has 1 saturated carbocycles. The van der Waals surface area contributed by atoms with Crippen LogP contribution >= 0.6 is 0 Å². The first-order valence-electron chi connectivity index (χ1n) is 9.63. The van der Waals surface area contributed by atoms with Crippen LogP contribution in [0.4, 0.5) is 0 Å². The Kier molecular flexibility index (Phi) is 4.80. The summed E-state index contributed by atoms with van der Waals surface area (Å²) in [4.78, 5) is 14.6. The molecule has 0 atom stereocenters. The van der Waals surface area contributed by atoms with Gasteiger partial charge >= 0.3 is 0 Å². The van der Waals surface area contributed by atoms with E-state index in [1.807, 2.05) is 17.9 Å². The van der Waals surface area contributed by atoms with Crippen molar-refractivity contribution < 1.29 is 4.79 Å². The maximum atomic E-state index is 12.2. The molecule has 26 heavy (non-hydrogen) atoms. The average Bonchev–Trinajstić information content (AvgIpc) is 3.36. The van der Waals surface area contributed by atoms with Crippen molar-refractivity contribution >= 4 is 5.91 Å². The van der Waals surface area contributed by atoms with Crippen LogP contribution in [0.2, 0.25) is 0 Å². The van der Waals surface area contributed by atoms with Crippen LogP contribution in [0.25, 0.3) is 0 Å². The third-order valence-corrected chi connectivity index (χ3v) is 5.83. The van der Waals surface area contributed by atoms with Gasteiger partial charge in [0.15, 0.2) is 0 Å². The van der Waals surface area contributed by atoms with Gasteiger partial charge in [0.25, 0.3) is 0 Å². The second-order valence-electron chi connectivity index (χ2n) is 7.64. The largest absolute Gasteiger partial charge is 0.350 e.